The minimum atomic E-state index is -0.834. The molecule has 0 radical (unpaired) electrons. The highest BCUT2D eigenvalue weighted by molar-refractivity contribution is 6.04. The lowest BCUT2D eigenvalue weighted by Crippen LogP contribution is -2.43. The molecule has 0 unspecified atom stereocenters. The zero-order valence-electron chi connectivity index (χ0n) is 15.0. The largest absolute Gasteiger partial charge is 0.467 e. The van der Waals surface area contributed by atoms with Gasteiger partial charge >= 0.3 is 5.97 Å². The molecule has 0 aromatic heterocycles. The number of amides is 2. The van der Waals surface area contributed by atoms with E-state index in [1.54, 1.807) is 24.3 Å². The molecule has 136 valence electrons. The standard InChI is InChI=1S/C20H22N2O4/c1-13-7-6-8-15(11-13)12-18(20(25)26-3)22-19(24)16-9-4-5-10-17(16)21-14(2)23/h4-11,18H,12H2,1-3H3,(H,21,23)(H,22,24)/t18-/m1/s1. The number of hydrogen-bond acceptors (Lipinski definition) is 4. The van der Waals surface area contributed by atoms with Gasteiger partial charge in [0.05, 0.1) is 18.4 Å². The fourth-order valence-corrected chi connectivity index (χ4v) is 2.63. The fourth-order valence-electron chi connectivity index (χ4n) is 2.63. The molecule has 0 fully saturated rings. The van der Waals surface area contributed by atoms with Crippen molar-refractivity contribution < 1.29 is 19.1 Å². The zero-order chi connectivity index (χ0) is 19.1. The Hall–Kier alpha value is -3.15. The summed E-state index contributed by atoms with van der Waals surface area (Å²) in [6, 6.07) is 13.5. The lowest BCUT2D eigenvalue weighted by Gasteiger charge is -2.18. The number of para-hydroxylation sites is 1. The molecule has 2 N–H and O–H groups in total. The van der Waals surface area contributed by atoms with Crippen LogP contribution in [0.15, 0.2) is 48.5 Å². The van der Waals surface area contributed by atoms with E-state index in [0.29, 0.717) is 12.1 Å². The molecule has 1 atom stereocenters. The Bertz CT molecular complexity index is 817. The quantitative estimate of drug-likeness (QED) is 0.781. The third-order valence-corrected chi connectivity index (χ3v) is 3.80. The monoisotopic (exact) mass is 354 g/mol. The van der Waals surface area contributed by atoms with Gasteiger partial charge in [0.15, 0.2) is 0 Å². The number of methoxy groups -OCH3 is 1. The maximum atomic E-state index is 12.7. The van der Waals surface area contributed by atoms with E-state index in [1.165, 1.54) is 14.0 Å². The van der Waals surface area contributed by atoms with Gasteiger partial charge in [-0.2, -0.15) is 0 Å². The van der Waals surface area contributed by atoms with Crippen molar-refractivity contribution in [3.8, 4) is 0 Å². The third kappa shape index (κ3) is 5.17. The summed E-state index contributed by atoms with van der Waals surface area (Å²) in [4.78, 5) is 36.1. The van der Waals surface area contributed by atoms with Crippen LogP contribution in [0.1, 0.15) is 28.4 Å². The number of nitrogens with one attached hydrogen (secondary N) is 2. The van der Waals surface area contributed by atoms with Crippen LogP contribution in [-0.4, -0.2) is 30.9 Å². The summed E-state index contributed by atoms with van der Waals surface area (Å²) in [5.41, 5.74) is 2.64. The molecule has 2 rings (SSSR count). The molecule has 0 heterocycles. The van der Waals surface area contributed by atoms with Crippen LogP contribution in [0.25, 0.3) is 0 Å². The first-order valence-corrected chi connectivity index (χ1v) is 8.21. The van der Waals surface area contributed by atoms with Crippen LogP contribution in [-0.2, 0) is 20.7 Å². The van der Waals surface area contributed by atoms with Crippen LogP contribution in [0.3, 0.4) is 0 Å². The van der Waals surface area contributed by atoms with Crippen molar-refractivity contribution in [3.05, 3.63) is 65.2 Å². The van der Waals surface area contributed by atoms with Gasteiger partial charge in [-0.05, 0) is 24.6 Å². The molecule has 2 aromatic carbocycles. The summed E-state index contributed by atoms with van der Waals surface area (Å²) in [6.45, 7) is 3.32. The second kappa shape index (κ2) is 8.80. The Kier molecular flexibility index (Phi) is 6.49. The molecule has 0 aliphatic carbocycles. The number of rotatable bonds is 6. The van der Waals surface area contributed by atoms with Crippen molar-refractivity contribution in [1.82, 2.24) is 5.32 Å². The molecule has 26 heavy (non-hydrogen) atoms. The van der Waals surface area contributed by atoms with Gasteiger partial charge in [-0.15, -0.1) is 0 Å². The number of aryl methyl sites for hydroxylation is 1. The average molecular weight is 354 g/mol. The molecule has 0 bridgehead atoms. The van der Waals surface area contributed by atoms with Crippen LogP contribution >= 0.6 is 0 Å². The maximum absolute atomic E-state index is 12.7. The number of anilines is 1. The van der Waals surface area contributed by atoms with E-state index < -0.39 is 17.9 Å². The van der Waals surface area contributed by atoms with Crippen LogP contribution in [0.4, 0.5) is 5.69 Å². The second-order valence-corrected chi connectivity index (χ2v) is 5.97. The highest BCUT2D eigenvalue weighted by Crippen LogP contribution is 2.16. The fraction of sp³-hybridized carbons (Fsp3) is 0.250. The van der Waals surface area contributed by atoms with Crippen molar-refractivity contribution in [1.29, 1.82) is 0 Å². The molecule has 0 aliphatic heterocycles. The van der Waals surface area contributed by atoms with E-state index in [0.717, 1.165) is 11.1 Å². The number of carbonyl (C=O) groups excluding carboxylic acids is 3. The Morgan fingerprint density at radius 2 is 1.81 bits per heavy atom. The molecule has 0 spiro atoms. The van der Waals surface area contributed by atoms with Crippen LogP contribution in [0, 0.1) is 6.92 Å². The highest BCUT2D eigenvalue weighted by atomic mass is 16.5. The van der Waals surface area contributed by atoms with Crippen molar-refractivity contribution in [2.45, 2.75) is 26.3 Å². The topological polar surface area (TPSA) is 84.5 Å². The molecule has 2 aromatic rings. The van der Waals surface area contributed by atoms with Crippen molar-refractivity contribution in [3.63, 3.8) is 0 Å². The lowest BCUT2D eigenvalue weighted by atomic mass is 10.0. The number of esters is 1. The summed E-state index contributed by atoms with van der Waals surface area (Å²) in [6.07, 6.45) is 0.308. The van der Waals surface area contributed by atoms with Crippen molar-refractivity contribution in [2.75, 3.05) is 12.4 Å². The predicted octanol–water partition coefficient (Wildman–Crippen LogP) is 2.47. The maximum Gasteiger partial charge on any atom is 0.328 e. The Labute approximate surface area is 152 Å². The zero-order valence-corrected chi connectivity index (χ0v) is 15.0. The lowest BCUT2D eigenvalue weighted by molar-refractivity contribution is -0.142. The van der Waals surface area contributed by atoms with Gasteiger partial charge in [0, 0.05) is 13.3 Å². The highest BCUT2D eigenvalue weighted by Gasteiger charge is 2.24. The van der Waals surface area contributed by atoms with Gasteiger partial charge in [0.25, 0.3) is 5.91 Å². The second-order valence-electron chi connectivity index (χ2n) is 5.97. The molecular weight excluding hydrogens is 332 g/mol. The summed E-state index contributed by atoms with van der Waals surface area (Å²) in [5.74, 6) is -1.27. The average Bonchev–Trinajstić information content (AvgIpc) is 2.60. The molecule has 0 saturated carbocycles. The number of carbonyl (C=O) groups is 3. The smallest absolute Gasteiger partial charge is 0.328 e. The summed E-state index contributed by atoms with van der Waals surface area (Å²) in [5, 5.41) is 5.31. The van der Waals surface area contributed by atoms with E-state index >= 15 is 0 Å². The Morgan fingerprint density at radius 3 is 2.46 bits per heavy atom. The number of ether oxygens (including phenoxy) is 1. The molecular formula is C20H22N2O4. The van der Waals surface area contributed by atoms with Gasteiger partial charge in [-0.1, -0.05) is 42.0 Å². The summed E-state index contributed by atoms with van der Waals surface area (Å²) >= 11 is 0. The van der Waals surface area contributed by atoms with Crippen LogP contribution in [0.2, 0.25) is 0 Å². The van der Waals surface area contributed by atoms with Crippen LogP contribution < -0.4 is 10.6 Å². The molecule has 0 saturated heterocycles. The first-order chi connectivity index (χ1) is 12.4. The Balaban J connectivity index is 2.22. The van der Waals surface area contributed by atoms with E-state index in [2.05, 4.69) is 10.6 Å². The van der Waals surface area contributed by atoms with Gasteiger partial charge in [-0.3, -0.25) is 9.59 Å². The SMILES string of the molecule is COC(=O)[C@@H](Cc1cccc(C)c1)NC(=O)c1ccccc1NC(C)=O. The van der Waals surface area contributed by atoms with Crippen LogP contribution in [0.5, 0.6) is 0 Å². The first kappa shape index (κ1) is 19.2. The van der Waals surface area contributed by atoms with E-state index in [-0.39, 0.29) is 11.5 Å². The minimum absolute atomic E-state index is 0.279. The number of benzene rings is 2. The predicted molar refractivity (Wildman–Crippen MR) is 98.9 cm³/mol. The van der Waals surface area contributed by atoms with Crippen molar-refractivity contribution >= 4 is 23.5 Å². The van der Waals surface area contributed by atoms with Gasteiger partial charge < -0.3 is 15.4 Å². The minimum Gasteiger partial charge on any atom is -0.467 e. The molecule has 6 heteroatoms. The Morgan fingerprint density at radius 1 is 1.08 bits per heavy atom. The first-order valence-electron chi connectivity index (χ1n) is 8.21. The van der Waals surface area contributed by atoms with E-state index in [1.807, 2.05) is 31.2 Å². The summed E-state index contributed by atoms with van der Waals surface area (Å²) in [7, 11) is 1.28. The van der Waals surface area contributed by atoms with E-state index in [4.69, 9.17) is 4.74 Å². The van der Waals surface area contributed by atoms with Gasteiger partial charge in [0.1, 0.15) is 6.04 Å². The number of hydrogen-bond donors (Lipinski definition) is 2. The van der Waals surface area contributed by atoms with Gasteiger partial charge in [0.2, 0.25) is 5.91 Å². The normalized spacial score (nSPS) is 11.3. The molecule has 6 nitrogen and oxygen atoms in total. The third-order valence-electron chi connectivity index (χ3n) is 3.80. The van der Waals surface area contributed by atoms with Crippen molar-refractivity contribution in [2.24, 2.45) is 0 Å². The summed E-state index contributed by atoms with van der Waals surface area (Å²) < 4.78 is 4.82. The molecule has 0 aliphatic rings. The van der Waals surface area contributed by atoms with Gasteiger partial charge in [-0.25, -0.2) is 4.79 Å². The van der Waals surface area contributed by atoms with E-state index in [9.17, 15) is 14.4 Å². The molecule has 2 amide bonds.